The standard InChI is InChI=1S/C34H46N4O4S/c1-32(2,3)42-31(40)37-43(5,41)27-8-6-7-25(21-27)36-30(39)28-10-9-26(20-23-19-24(23)22-33(4)11-12-33)35-29(28)38-17-15-34(13-14-34)16-18-38/h6-10,21,23-24H,11-20,22H2,1-5H3,(H,36,39). The van der Waals surface area contributed by atoms with Crippen LogP contribution in [0.2, 0.25) is 0 Å². The van der Waals surface area contributed by atoms with Gasteiger partial charge in [-0.3, -0.25) is 4.79 Å². The van der Waals surface area contributed by atoms with E-state index in [4.69, 9.17) is 9.72 Å². The van der Waals surface area contributed by atoms with Crippen molar-refractivity contribution in [1.29, 1.82) is 0 Å². The fraction of sp³-hybridized carbons (Fsp3) is 0.618. The summed E-state index contributed by atoms with van der Waals surface area (Å²) in [5.74, 6) is 2.03. The van der Waals surface area contributed by atoms with Gasteiger partial charge in [-0.1, -0.05) is 13.0 Å². The van der Waals surface area contributed by atoms with E-state index in [0.29, 0.717) is 32.9 Å². The highest BCUT2D eigenvalue weighted by atomic mass is 32.2. The van der Waals surface area contributed by atoms with Gasteiger partial charge in [-0.15, -0.1) is 4.36 Å². The Morgan fingerprint density at radius 1 is 1.07 bits per heavy atom. The van der Waals surface area contributed by atoms with E-state index in [1.165, 1.54) is 44.8 Å². The molecule has 2 amide bonds. The molecule has 1 spiro atoms. The molecular weight excluding hydrogens is 560 g/mol. The molecule has 2 heterocycles. The monoisotopic (exact) mass is 606 g/mol. The first-order valence-corrected chi connectivity index (χ1v) is 17.8. The van der Waals surface area contributed by atoms with Crippen LogP contribution in [0.5, 0.6) is 0 Å². The van der Waals surface area contributed by atoms with Crippen LogP contribution in [0.15, 0.2) is 45.7 Å². The SMILES string of the molecule is CC1(CC2CC2Cc2ccc(C(=O)Nc3cccc(S(C)(=O)=NC(=O)OC(C)(C)C)c3)c(N3CCC4(CC3)CC4)n2)CC1. The molecular formula is C34H46N4O4S. The number of nitrogens with one attached hydrogen (secondary N) is 1. The Balaban J connectivity index is 1.20. The lowest BCUT2D eigenvalue weighted by Gasteiger charge is -2.34. The van der Waals surface area contributed by atoms with Crippen molar-refractivity contribution in [3.05, 3.63) is 47.7 Å². The third-order valence-electron chi connectivity index (χ3n) is 9.83. The number of anilines is 2. The van der Waals surface area contributed by atoms with Gasteiger partial charge in [-0.25, -0.2) is 14.0 Å². The number of benzene rings is 1. The van der Waals surface area contributed by atoms with Crippen molar-refractivity contribution in [2.75, 3.05) is 29.6 Å². The summed E-state index contributed by atoms with van der Waals surface area (Å²) < 4.78 is 22.4. The van der Waals surface area contributed by atoms with Crippen LogP contribution in [0, 0.1) is 22.7 Å². The predicted octanol–water partition coefficient (Wildman–Crippen LogP) is 7.47. The van der Waals surface area contributed by atoms with Crippen LogP contribution in [0.4, 0.5) is 16.3 Å². The summed E-state index contributed by atoms with van der Waals surface area (Å²) in [5, 5.41) is 2.99. The van der Waals surface area contributed by atoms with Crippen molar-refractivity contribution in [3.63, 3.8) is 0 Å². The maximum Gasteiger partial charge on any atom is 0.442 e. The second-order valence-electron chi connectivity index (χ2n) is 15.0. The number of hydrogen-bond acceptors (Lipinski definition) is 6. The Morgan fingerprint density at radius 2 is 1.79 bits per heavy atom. The van der Waals surface area contributed by atoms with E-state index in [2.05, 4.69) is 21.5 Å². The number of carbonyl (C=O) groups excluding carboxylic acids is 2. The minimum Gasteiger partial charge on any atom is -0.442 e. The number of nitrogens with zero attached hydrogens (tertiary/aromatic N) is 3. The molecule has 3 saturated carbocycles. The Kier molecular flexibility index (Phi) is 7.63. The summed E-state index contributed by atoms with van der Waals surface area (Å²) in [6, 6.07) is 10.7. The largest absolute Gasteiger partial charge is 0.442 e. The molecule has 2 aromatic rings. The maximum absolute atomic E-state index is 13.7. The van der Waals surface area contributed by atoms with Gasteiger partial charge in [0.15, 0.2) is 0 Å². The summed E-state index contributed by atoms with van der Waals surface area (Å²) >= 11 is 0. The lowest BCUT2D eigenvalue weighted by atomic mass is 9.93. The summed E-state index contributed by atoms with van der Waals surface area (Å²) in [7, 11) is -3.08. The van der Waals surface area contributed by atoms with Crippen LogP contribution in [0.25, 0.3) is 0 Å². The summed E-state index contributed by atoms with van der Waals surface area (Å²) in [6.07, 6.45) is 11.8. The second-order valence-corrected chi connectivity index (χ2v) is 17.3. The van der Waals surface area contributed by atoms with E-state index >= 15 is 0 Å². The lowest BCUT2D eigenvalue weighted by molar-refractivity contribution is 0.0607. The van der Waals surface area contributed by atoms with Gasteiger partial charge in [0.25, 0.3) is 5.91 Å². The summed E-state index contributed by atoms with van der Waals surface area (Å²) in [5.41, 5.74) is 2.47. The van der Waals surface area contributed by atoms with Gasteiger partial charge in [-0.05, 0) is 132 Å². The number of ether oxygens (including phenoxy) is 1. The van der Waals surface area contributed by atoms with Crippen molar-refractivity contribution >= 4 is 33.2 Å². The highest BCUT2D eigenvalue weighted by molar-refractivity contribution is 7.93. The highest BCUT2D eigenvalue weighted by Gasteiger charge is 2.47. The third kappa shape index (κ3) is 7.41. The van der Waals surface area contributed by atoms with E-state index in [-0.39, 0.29) is 5.91 Å². The molecule has 1 saturated heterocycles. The quantitative estimate of drug-likeness (QED) is 0.334. The zero-order chi connectivity index (χ0) is 30.6. The van der Waals surface area contributed by atoms with Crippen LogP contribution >= 0.6 is 0 Å². The first-order valence-electron chi connectivity index (χ1n) is 15.8. The van der Waals surface area contributed by atoms with Crippen molar-refractivity contribution in [2.24, 2.45) is 27.0 Å². The Labute approximate surface area is 256 Å². The molecule has 6 rings (SSSR count). The number of hydrogen-bond donors (Lipinski definition) is 1. The van der Waals surface area contributed by atoms with Gasteiger partial charge in [0, 0.05) is 35.6 Å². The molecule has 0 radical (unpaired) electrons. The smallest absolute Gasteiger partial charge is 0.442 e. The zero-order valence-corrected chi connectivity index (χ0v) is 27.1. The minimum atomic E-state index is -3.08. The van der Waals surface area contributed by atoms with Crippen molar-refractivity contribution in [1.82, 2.24) is 4.98 Å². The zero-order valence-electron chi connectivity index (χ0n) is 26.3. The van der Waals surface area contributed by atoms with Gasteiger partial charge in [0.05, 0.1) is 15.3 Å². The summed E-state index contributed by atoms with van der Waals surface area (Å²) in [4.78, 5) is 33.8. The van der Waals surface area contributed by atoms with Gasteiger partial charge < -0.3 is 15.0 Å². The van der Waals surface area contributed by atoms with E-state index in [0.717, 1.165) is 49.8 Å². The minimum absolute atomic E-state index is 0.254. The average Bonchev–Trinajstić information content (AvgIpc) is 3.87. The Morgan fingerprint density at radius 3 is 2.44 bits per heavy atom. The van der Waals surface area contributed by atoms with E-state index < -0.39 is 21.4 Å². The van der Waals surface area contributed by atoms with Crippen LogP contribution in [0.1, 0.15) is 95.1 Å². The van der Waals surface area contributed by atoms with Crippen LogP contribution < -0.4 is 10.2 Å². The third-order valence-corrected chi connectivity index (χ3v) is 11.5. The van der Waals surface area contributed by atoms with Crippen molar-refractivity contribution in [2.45, 2.75) is 96.0 Å². The van der Waals surface area contributed by atoms with Gasteiger partial charge >= 0.3 is 6.09 Å². The molecule has 4 aliphatic rings. The maximum atomic E-state index is 13.7. The fourth-order valence-corrected chi connectivity index (χ4v) is 7.61. The van der Waals surface area contributed by atoms with E-state index in [1.807, 2.05) is 12.1 Å². The van der Waals surface area contributed by atoms with Crippen molar-refractivity contribution < 1.29 is 18.5 Å². The molecule has 232 valence electrons. The number of aromatic nitrogens is 1. The van der Waals surface area contributed by atoms with E-state index in [1.54, 1.807) is 45.0 Å². The first-order chi connectivity index (χ1) is 20.2. The van der Waals surface area contributed by atoms with Gasteiger partial charge in [0.2, 0.25) is 0 Å². The molecule has 1 aromatic heterocycles. The van der Waals surface area contributed by atoms with Crippen LogP contribution in [0.3, 0.4) is 0 Å². The van der Waals surface area contributed by atoms with E-state index in [9.17, 15) is 13.8 Å². The van der Waals surface area contributed by atoms with Gasteiger partial charge in [-0.2, -0.15) is 0 Å². The molecule has 8 nitrogen and oxygen atoms in total. The van der Waals surface area contributed by atoms with Crippen molar-refractivity contribution in [3.8, 4) is 0 Å². The Bertz CT molecular complexity index is 1540. The normalized spacial score (nSPS) is 24.5. The second kappa shape index (κ2) is 10.9. The number of pyridine rings is 1. The number of rotatable bonds is 8. The highest BCUT2D eigenvalue weighted by Crippen LogP contribution is 2.57. The lowest BCUT2D eigenvalue weighted by Crippen LogP contribution is -2.36. The molecule has 1 aromatic carbocycles. The topological polar surface area (TPSA) is 101 Å². The first kappa shape index (κ1) is 30.1. The predicted molar refractivity (Wildman–Crippen MR) is 170 cm³/mol. The molecule has 3 atom stereocenters. The molecule has 43 heavy (non-hydrogen) atoms. The Hall–Kier alpha value is -2.94. The van der Waals surface area contributed by atoms with Crippen LogP contribution in [-0.2, 0) is 20.9 Å². The fourth-order valence-electron chi connectivity index (χ4n) is 6.50. The number of amides is 2. The van der Waals surface area contributed by atoms with Gasteiger partial charge in [0.1, 0.15) is 11.4 Å². The van der Waals surface area contributed by atoms with Crippen LogP contribution in [-0.4, -0.2) is 46.1 Å². The number of piperidine rings is 1. The number of carbonyl (C=O) groups is 2. The molecule has 0 bridgehead atoms. The molecule has 4 fully saturated rings. The average molecular weight is 607 g/mol. The molecule has 3 aliphatic carbocycles. The molecule has 3 unspecified atom stereocenters. The summed E-state index contributed by atoms with van der Waals surface area (Å²) in [6.45, 7) is 9.45. The molecule has 9 heteroatoms. The molecule has 1 N–H and O–H groups in total. The molecule has 1 aliphatic heterocycles.